The molecule has 0 rings (SSSR count). The van der Waals surface area contributed by atoms with Gasteiger partial charge in [0.2, 0.25) is 0 Å². The van der Waals surface area contributed by atoms with Crippen LogP contribution < -0.4 is 0 Å². The number of hydrogen-bond acceptors (Lipinski definition) is 0. The summed E-state index contributed by atoms with van der Waals surface area (Å²) in [6.07, 6.45) is 7.77. The van der Waals surface area contributed by atoms with Gasteiger partial charge in [0.15, 0.2) is 0 Å². The van der Waals surface area contributed by atoms with Crippen molar-refractivity contribution in [3.63, 3.8) is 0 Å². The van der Waals surface area contributed by atoms with E-state index in [-0.39, 0.29) is 22.4 Å². The average molecular weight is 394 g/mol. The van der Waals surface area contributed by atoms with Gasteiger partial charge in [0, 0.05) is 22.4 Å². The quantitative estimate of drug-likeness (QED) is 0.470. The first kappa shape index (κ1) is 15.9. The van der Waals surface area contributed by atoms with E-state index in [0.29, 0.717) is 0 Å². The third kappa shape index (κ3) is 6.92. The Hall–Kier alpha value is 1.46. The van der Waals surface area contributed by atoms with Crippen molar-refractivity contribution in [3.05, 3.63) is 0 Å². The number of rotatable bonds is 6. The van der Waals surface area contributed by atoms with Crippen LogP contribution in [0.15, 0.2) is 0 Å². The van der Waals surface area contributed by atoms with Crippen molar-refractivity contribution in [2.24, 2.45) is 0 Å². The van der Waals surface area contributed by atoms with Crippen LogP contribution in [0.3, 0.4) is 0 Å². The van der Waals surface area contributed by atoms with E-state index in [1.165, 1.54) is 37.7 Å². The Labute approximate surface area is 98.5 Å². The zero-order chi connectivity index (χ0) is 8.74. The van der Waals surface area contributed by atoms with Crippen LogP contribution in [0, 0.1) is 0 Å². The minimum Gasteiger partial charge on any atom is 0 e. The Morgan fingerprint density at radius 2 is 1.08 bits per heavy atom. The van der Waals surface area contributed by atoms with Crippen molar-refractivity contribution in [2.75, 3.05) is 18.5 Å². The molecule has 12 heavy (non-hydrogen) atoms. The second kappa shape index (κ2) is 9.03. The van der Waals surface area contributed by atoms with Crippen LogP contribution in [-0.4, -0.2) is 18.5 Å². The van der Waals surface area contributed by atoms with Crippen molar-refractivity contribution >= 4 is 17.9 Å². The zero-order valence-corrected chi connectivity index (χ0v) is 12.3. The second-order valence-corrected chi connectivity index (χ2v) is 9.61. The molecule has 0 nitrogen and oxygen atoms in total. The molecule has 0 saturated carbocycles. The maximum absolute atomic E-state index is 6.58. The van der Waals surface area contributed by atoms with Gasteiger partial charge in [-0.3, -0.25) is 0 Å². The number of hydrogen-bond donors (Lipinski definition) is 0. The molecule has 0 bridgehead atoms. The summed E-state index contributed by atoms with van der Waals surface area (Å²) < 4.78 is 0. The molecule has 81 valence electrons. The molecule has 0 aliphatic rings. The van der Waals surface area contributed by atoms with Crippen molar-refractivity contribution < 1.29 is 22.4 Å². The molecule has 0 fully saturated rings. The molecule has 0 saturated heterocycles. The SMILES string of the molecule is CCC[PH](Cl)(CCC)CCC.[Au]. The molecule has 0 aromatic rings. The van der Waals surface area contributed by atoms with Crippen LogP contribution in [0.4, 0.5) is 0 Å². The van der Waals surface area contributed by atoms with Crippen molar-refractivity contribution in [1.82, 2.24) is 0 Å². The average Bonchev–Trinajstić information content (AvgIpc) is 1.88. The maximum Gasteiger partial charge on any atom is 0 e. The Morgan fingerprint density at radius 3 is 1.25 bits per heavy atom. The van der Waals surface area contributed by atoms with Crippen LogP contribution >= 0.6 is 17.9 Å². The van der Waals surface area contributed by atoms with Gasteiger partial charge in [0.25, 0.3) is 0 Å². The second-order valence-electron chi connectivity index (χ2n) is 3.40. The van der Waals surface area contributed by atoms with E-state index in [2.05, 4.69) is 20.8 Å². The van der Waals surface area contributed by atoms with Gasteiger partial charge in [-0.15, -0.1) is 0 Å². The van der Waals surface area contributed by atoms with Crippen LogP contribution in [0.1, 0.15) is 40.0 Å². The van der Waals surface area contributed by atoms with Crippen molar-refractivity contribution in [2.45, 2.75) is 40.0 Å². The maximum atomic E-state index is 6.58. The summed E-state index contributed by atoms with van der Waals surface area (Å²) in [4.78, 5) is 0. The van der Waals surface area contributed by atoms with Gasteiger partial charge in [-0.25, -0.2) is 0 Å². The fourth-order valence-electron chi connectivity index (χ4n) is 1.72. The molecule has 0 aromatic carbocycles. The topological polar surface area (TPSA) is 0 Å². The standard InChI is InChI=1S/C9H22ClP.Au/c1-4-7-11(10,8-5-2)9-6-3;/h11H,4-9H2,1-3H3;. The smallest absolute Gasteiger partial charge is 0 e. The summed E-state index contributed by atoms with van der Waals surface area (Å²) in [5.41, 5.74) is 0. The van der Waals surface area contributed by atoms with Gasteiger partial charge in [-0.1, -0.05) is 0 Å². The molecule has 0 aromatic heterocycles. The summed E-state index contributed by atoms with van der Waals surface area (Å²) in [5, 5.41) is 0. The van der Waals surface area contributed by atoms with Gasteiger partial charge in [0.05, 0.1) is 0 Å². The van der Waals surface area contributed by atoms with E-state index in [0.717, 1.165) is 0 Å². The molecule has 0 amide bonds. The van der Waals surface area contributed by atoms with E-state index in [9.17, 15) is 0 Å². The number of halogens is 1. The van der Waals surface area contributed by atoms with Gasteiger partial charge in [0.1, 0.15) is 0 Å². The first-order chi connectivity index (χ1) is 5.18. The minimum absolute atomic E-state index is 0. The van der Waals surface area contributed by atoms with E-state index in [1.807, 2.05) is 0 Å². The fourth-order valence-corrected chi connectivity index (χ4v) is 6.86. The van der Waals surface area contributed by atoms with Crippen LogP contribution in [0.25, 0.3) is 0 Å². The Morgan fingerprint density at radius 1 is 0.833 bits per heavy atom. The normalized spacial score (nSPS) is 12.3. The van der Waals surface area contributed by atoms with E-state index in [1.54, 1.807) is 0 Å². The Bertz CT molecular complexity index is 81.5. The van der Waals surface area contributed by atoms with Crippen LogP contribution in [0.2, 0.25) is 0 Å². The van der Waals surface area contributed by atoms with Gasteiger partial charge >= 0.3 is 76.4 Å². The first-order valence-corrected chi connectivity index (χ1v) is 8.50. The minimum atomic E-state index is -1.28. The van der Waals surface area contributed by atoms with Gasteiger partial charge in [-0.05, 0) is 0 Å². The summed E-state index contributed by atoms with van der Waals surface area (Å²) in [6.45, 7) is 5.46. The van der Waals surface area contributed by atoms with Crippen LogP contribution in [-0.2, 0) is 22.4 Å². The molecular weight excluding hydrogens is 371 g/mol. The third-order valence-corrected chi connectivity index (χ3v) is 7.98. The van der Waals surface area contributed by atoms with E-state index >= 15 is 0 Å². The predicted octanol–water partition coefficient (Wildman–Crippen LogP) is 4.12. The predicted molar refractivity (Wildman–Crippen MR) is 59.6 cm³/mol. The molecule has 0 heterocycles. The molecule has 0 N–H and O–H groups in total. The van der Waals surface area contributed by atoms with Gasteiger partial charge < -0.3 is 0 Å². The summed E-state index contributed by atoms with van der Waals surface area (Å²) in [6, 6.07) is 0. The summed E-state index contributed by atoms with van der Waals surface area (Å²) >= 11 is 6.58. The van der Waals surface area contributed by atoms with Crippen molar-refractivity contribution in [1.29, 1.82) is 0 Å². The molecule has 0 aliphatic carbocycles. The first-order valence-electron chi connectivity index (χ1n) is 4.87. The molecule has 0 unspecified atom stereocenters. The fraction of sp³-hybridized carbons (Fsp3) is 1.00. The zero-order valence-electron chi connectivity index (χ0n) is 8.42. The summed E-state index contributed by atoms with van der Waals surface area (Å²) in [7, 11) is 0. The third-order valence-electron chi connectivity index (χ3n) is 2.09. The molecule has 0 spiro atoms. The monoisotopic (exact) mass is 393 g/mol. The molecule has 0 aliphatic heterocycles. The molecule has 3 heteroatoms. The molecular formula is C9H22AuClP. The van der Waals surface area contributed by atoms with Gasteiger partial charge in [-0.2, -0.15) is 0 Å². The van der Waals surface area contributed by atoms with E-state index < -0.39 is 6.62 Å². The van der Waals surface area contributed by atoms with Crippen LogP contribution in [0.5, 0.6) is 0 Å². The molecule has 0 atom stereocenters. The Balaban J connectivity index is 0. The van der Waals surface area contributed by atoms with Crippen molar-refractivity contribution in [3.8, 4) is 0 Å². The Kier molecular flexibility index (Phi) is 12.0. The van der Waals surface area contributed by atoms with E-state index in [4.69, 9.17) is 11.2 Å². The molecule has 1 radical (unpaired) electrons. The summed E-state index contributed by atoms with van der Waals surface area (Å²) in [5.74, 6) is 0. The largest absolute Gasteiger partial charge is 0 e.